The van der Waals surface area contributed by atoms with Crippen LogP contribution >= 0.6 is 35.0 Å². The molecule has 114 valence electrons. The number of halogens is 2. The van der Waals surface area contributed by atoms with Crippen molar-refractivity contribution in [2.24, 2.45) is 5.10 Å². The molecule has 0 unspecified atom stereocenters. The Morgan fingerprint density at radius 1 is 1.18 bits per heavy atom. The molecule has 0 spiro atoms. The molecule has 2 aromatic carbocycles. The van der Waals surface area contributed by atoms with E-state index in [0.29, 0.717) is 27.1 Å². The Bertz CT molecular complexity index is 690. The molecule has 0 atom stereocenters. The van der Waals surface area contributed by atoms with Gasteiger partial charge in [-0.05, 0) is 30.5 Å². The number of nitrogens with zero attached hydrogens (tertiary/aromatic N) is 1. The number of hydrazone groups is 1. The third-order valence-electron chi connectivity index (χ3n) is 2.85. The fraction of sp³-hybridized carbons (Fsp3) is 0.125. The second-order valence-electron chi connectivity index (χ2n) is 4.42. The number of hydrogen-bond acceptors (Lipinski definition) is 3. The van der Waals surface area contributed by atoms with Crippen LogP contribution in [0.2, 0.25) is 10.0 Å². The van der Waals surface area contributed by atoms with Gasteiger partial charge in [-0.15, -0.1) is 0 Å². The van der Waals surface area contributed by atoms with E-state index in [9.17, 15) is 4.79 Å². The number of rotatable bonds is 5. The fourth-order valence-corrected chi connectivity index (χ4v) is 2.81. The van der Waals surface area contributed by atoms with Gasteiger partial charge >= 0.3 is 0 Å². The van der Waals surface area contributed by atoms with Gasteiger partial charge in [0.2, 0.25) is 0 Å². The minimum atomic E-state index is -0.260. The van der Waals surface area contributed by atoms with E-state index in [4.69, 9.17) is 23.2 Å². The van der Waals surface area contributed by atoms with Crippen LogP contribution in [0.3, 0.4) is 0 Å². The highest BCUT2D eigenvalue weighted by Crippen LogP contribution is 2.22. The second-order valence-corrected chi connectivity index (χ2v) is 6.13. The molecule has 0 aliphatic carbocycles. The van der Waals surface area contributed by atoms with E-state index in [1.54, 1.807) is 54.2 Å². The summed E-state index contributed by atoms with van der Waals surface area (Å²) in [5.74, 6) is 0.362. The third-order valence-corrected chi connectivity index (χ3v) is 3.96. The van der Waals surface area contributed by atoms with Crippen molar-refractivity contribution in [2.75, 3.05) is 12.0 Å². The minimum absolute atomic E-state index is 0.260. The average Bonchev–Trinajstić information content (AvgIpc) is 2.52. The van der Waals surface area contributed by atoms with Crippen molar-refractivity contribution in [2.45, 2.75) is 0 Å². The Labute approximate surface area is 143 Å². The highest BCUT2D eigenvalue weighted by molar-refractivity contribution is 7.99. The Hall–Kier alpha value is -1.49. The molecule has 22 heavy (non-hydrogen) atoms. The summed E-state index contributed by atoms with van der Waals surface area (Å²) in [5.41, 5.74) is 4.57. The molecule has 0 saturated carbocycles. The van der Waals surface area contributed by atoms with Crippen molar-refractivity contribution < 1.29 is 4.79 Å². The molecule has 0 saturated heterocycles. The van der Waals surface area contributed by atoms with Gasteiger partial charge in [0, 0.05) is 21.9 Å². The number of nitrogens with one attached hydrogen (secondary N) is 1. The molecule has 0 heterocycles. The van der Waals surface area contributed by atoms with Gasteiger partial charge in [-0.25, -0.2) is 5.43 Å². The number of benzene rings is 2. The summed E-state index contributed by atoms with van der Waals surface area (Å²) in [7, 11) is 0. The molecule has 2 rings (SSSR count). The van der Waals surface area contributed by atoms with E-state index in [0.717, 1.165) is 5.56 Å². The highest BCUT2D eigenvalue weighted by Gasteiger charge is 2.10. The number of thioether (sulfide) groups is 1. The van der Waals surface area contributed by atoms with Gasteiger partial charge in [-0.1, -0.05) is 47.5 Å². The first kappa shape index (κ1) is 16.9. The predicted molar refractivity (Wildman–Crippen MR) is 95.3 cm³/mol. The number of amides is 1. The molecule has 2 aromatic rings. The van der Waals surface area contributed by atoms with Crippen molar-refractivity contribution in [1.29, 1.82) is 0 Å². The molecule has 0 aliphatic rings. The van der Waals surface area contributed by atoms with Gasteiger partial charge in [-0.3, -0.25) is 4.79 Å². The van der Waals surface area contributed by atoms with Crippen LogP contribution < -0.4 is 5.43 Å². The van der Waals surface area contributed by atoms with Gasteiger partial charge in [0.15, 0.2) is 0 Å². The summed E-state index contributed by atoms with van der Waals surface area (Å²) in [4.78, 5) is 12.0. The summed E-state index contributed by atoms with van der Waals surface area (Å²) in [6, 6.07) is 14.1. The second kappa shape index (κ2) is 8.22. The van der Waals surface area contributed by atoms with Crippen molar-refractivity contribution >= 4 is 46.6 Å². The van der Waals surface area contributed by atoms with Gasteiger partial charge in [-0.2, -0.15) is 16.9 Å². The van der Waals surface area contributed by atoms with Crippen LogP contribution in [0, 0.1) is 0 Å². The quantitative estimate of drug-likeness (QED) is 0.636. The van der Waals surface area contributed by atoms with Gasteiger partial charge < -0.3 is 0 Å². The first-order chi connectivity index (χ1) is 10.6. The summed E-state index contributed by atoms with van der Waals surface area (Å²) in [6.07, 6.45) is 1.96. The fourth-order valence-electron chi connectivity index (χ4n) is 1.80. The van der Waals surface area contributed by atoms with Crippen LogP contribution in [0.15, 0.2) is 53.6 Å². The molecule has 6 heteroatoms. The molecule has 0 aromatic heterocycles. The topological polar surface area (TPSA) is 41.5 Å². The molecule has 0 aliphatic heterocycles. The van der Waals surface area contributed by atoms with Crippen LogP contribution in [0.5, 0.6) is 0 Å². The van der Waals surface area contributed by atoms with Crippen LogP contribution in [0.4, 0.5) is 0 Å². The zero-order valence-corrected chi connectivity index (χ0v) is 14.2. The Balaban J connectivity index is 2.22. The minimum Gasteiger partial charge on any atom is -0.267 e. The lowest BCUT2D eigenvalue weighted by molar-refractivity contribution is 0.0955. The molecule has 0 fully saturated rings. The van der Waals surface area contributed by atoms with Crippen molar-refractivity contribution in [3.63, 3.8) is 0 Å². The van der Waals surface area contributed by atoms with Crippen molar-refractivity contribution in [1.82, 2.24) is 5.43 Å². The Morgan fingerprint density at radius 3 is 2.55 bits per heavy atom. The molecule has 1 amide bonds. The van der Waals surface area contributed by atoms with Crippen molar-refractivity contribution in [3.8, 4) is 0 Å². The van der Waals surface area contributed by atoms with Gasteiger partial charge in [0.05, 0.1) is 10.7 Å². The normalized spacial score (nSPS) is 11.3. The lowest BCUT2D eigenvalue weighted by Gasteiger charge is -2.08. The first-order valence-corrected chi connectivity index (χ1v) is 8.63. The molecule has 0 bridgehead atoms. The molecule has 0 radical (unpaired) electrons. The molecular weight excluding hydrogens is 339 g/mol. The van der Waals surface area contributed by atoms with Crippen molar-refractivity contribution in [3.05, 3.63) is 69.7 Å². The number of hydrogen-bond donors (Lipinski definition) is 1. The van der Waals surface area contributed by atoms with E-state index >= 15 is 0 Å². The lowest BCUT2D eigenvalue weighted by atomic mass is 10.1. The van der Waals surface area contributed by atoms with Crippen LogP contribution in [0.1, 0.15) is 15.9 Å². The standard InChI is InChI=1S/C16H14Cl2N2OS/c1-22-10-15(13-8-7-12(17)9-14(13)18)19-20-16(21)11-5-3-2-4-6-11/h2-9H,10H2,1H3,(H,20,21). The highest BCUT2D eigenvalue weighted by atomic mass is 35.5. The van der Waals surface area contributed by atoms with E-state index < -0.39 is 0 Å². The van der Waals surface area contributed by atoms with Gasteiger partial charge in [0.1, 0.15) is 0 Å². The number of carbonyl (C=O) groups excluding carboxylic acids is 1. The van der Waals surface area contributed by atoms with E-state index in [-0.39, 0.29) is 5.91 Å². The third kappa shape index (κ3) is 4.50. The maximum absolute atomic E-state index is 12.0. The van der Waals surface area contributed by atoms with Crippen LogP contribution in [-0.2, 0) is 0 Å². The smallest absolute Gasteiger partial charge is 0.267 e. The first-order valence-electron chi connectivity index (χ1n) is 6.48. The molecule has 1 N–H and O–H groups in total. The SMILES string of the molecule is CSCC(=NNC(=O)c1ccccc1)c1ccc(Cl)cc1Cl. The summed E-state index contributed by atoms with van der Waals surface area (Å²) < 4.78 is 0. The molecular formula is C16H14Cl2N2OS. The maximum atomic E-state index is 12.0. The Kier molecular flexibility index (Phi) is 6.31. The average molecular weight is 353 g/mol. The predicted octanol–water partition coefficient (Wildman–Crippen LogP) is 4.49. The zero-order chi connectivity index (χ0) is 15.9. The zero-order valence-electron chi connectivity index (χ0n) is 11.8. The largest absolute Gasteiger partial charge is 0.271 e. The number of carbonyl (C=O) groups is 1. The van der Waals surface area contributed by atoms with E-state index in [1.807, 2.05) is 12.3 Å². The monoisotopic (exact) mass is 352 g/mol. The Morgan fingerprint density at radius 2 is 1.91 bits per heavy atom. The lowest BCUT2D eigenvalue weighted by Crippen LogP contribution is -2.21. The van der Waals surface area contributed by atoms with Crippen LogP contribution in [-0.4, -0.2) is 23.6 Å². The molecule has 3 nitrogen and oxygen atoms in total. The van der Waals surface area contributed by atoms with Gasteiger partial charge in [0.25, 0.3) is 5.91 Å². The van der Waals surface area contributed by atoms with E-state index in [1.165, 1.54) is 0 Å². The van der Waals surface area contributed by atoms with E-state index in [2.05, 4.69) is 10.5 Å². The van der Waals surface area contributed by atoms with Crippen LogP contribution in [0.25, 0.3) is 0 Å². The summed E-state index contributed by atoms with van der Waals surface area (Å²) in [6.45, 7) is 0. The maximum Gasteiger partial charge on any atom is 0.271 e. The summed E-state index contributed by atoms with van der Waals surface area (Å²) >= 11 is 13.7. The summed E-state index contributed by atoms with van der Waals surface area (Å²) in [5, 5.41) is 5.29.